The van der Waals surface area contributed by atoms with Gasteiger partial charge in [-0.25, -0.2) is 12.7 Å². The van der Waals surface area contributed by atoms with Gasteiger partial charge in [-0.05, 0) is 48.5 Å². The minimum Gasteiger partial charge on any atom is -0.486 e. The lowest BCUT2D eigenvalue weighted by atomic mass is 10.2. The normalized spacial score (nSPS) is 11.5. The van der Waals surface area contributed by atoms with Crippen LogP contribution in [0.3, 0.4) is 0 Å². The molecule has 8 nitrogen and oxygen atoms in total. The van der Waals surface area contributed by atoms with E-state index in [9.17, 15) is 13.2 Å². The smallest absolute Gasteiger partial charge is 0.275 e. The first-order chi connectivity index (χ1) is 13.4. The summed E-state index contributed by atoms with van der Waals surface area (Å²) in [6.45, 7) is 0.369. The fraction of sp³-hybridized carbons (Fsp3) is 0.211. The molecule has 0 unspecified atom stereocenters. The number of sulfonamides is 1. The Balaban J connectivity index is 1.55. The Morgan fingerprint density at radius 3 is 2.46 bits per heavy atom. The number of rotatable bonds is 8. The summed E-state index contributed by atoms with van der Waals surface area (Å²) in [6, 6.07) is 13.1. The van der Waals surface area contributed by atoms with Crippen LogP contribution in [0.25, 0.3) is 0 Å². The van der Waals surface area contributed by atoms with Crippen LogP contribution in [-0.2, 0) is 23.2 Å². The highest BCUT2D eigenvalue weighted by molar-refractivity contribution is 7.88. The Bertz CT molecular complexity index is 1020. The molecule has 3 rings (SSSR count). The van der Waals surface area contributed by atoms with Crippen molar-refractivity contribution >= 4 is 15.9 Å². The zero-order valence-electron chi connectivity index (χ0n) is 15.4. The van der Waals surface area contributed by atoms with E-state index in [0.29, 0.717) is 29.4 Å². The first-order valence-electron chi connectivity index (χ1n) is 8.41. The van der Waals surface area contributed by atoms with Crippen molar-refractivity contribution in [3.8, 4) is 5.75 Å². The first kappa shape index (κ1) is 19.7. The van der Waals surface area contributed by atoms with Gasteiger partial charge in [0.15, 0.2) is 0 Å². The molecule has 0 saturated carbocycles. The van der Waals surface area contributed by atoms with E-state index < -0.39 is 10.0 Å². The summed E-state index contributed by atoms with van der Waals surface area (Å²) in [7, 11) is -0.754. The third-order valence-electron chi connectivity index (χ3n) is 3.87. The summed E-state index contributed by atoms with van der Waals surface area (Å²) < 4.78 is 41.2. The first-order valence-corrected chi connectivity index (χ1v) is 9.85. The van der Waals surface area contributed by atoms with Gasteiger partial charge in [-0.1, -0.05) is 0 Å². The van der Waals surface area contributed by atoms with Gasteiger partial charge in [0.25, 0.3) is 15.9 Å². The average Bonchev–Trinajstić information content (AvgIpc) is 3.37. The van der Waals surface area contributed by atoms with E-state index in [1.54, 1.807) is 48.7 Å². The number of hydrogen-bond acceptors (Lipinski definition) is 6. The molecule has 3 aromatic rings. The molecule has 1 aromatic carbocycles. The summed E-state index contributed by atoms with van der Waals surface area (Å²) >= 11 is 0. The molecule has 0 saturated heterocycles. The maximum Gasteiger partial charge on any atom is 0.275 e. The molecular formula is C19H20N2O6S. The Morgan fingerprint density at radius 2 is 1.82 bits per heavy atom. The molecule has 28 heavy (non-hydrogen) atoms. The zero-order valence-corrected chi connectivity index (χ0v) is 16.2. The molecule has 0 aliphatic rings. The summed E-state index contributed by atoms with van der Waals surface area (Å²) in [5.41, 5.74) is 0.483. The van der Waals surface area contributed by atoms with Crippen LogP contribution in [0, 0.1) is 0 Å². The third kappa shape index (κ3) is 4.62. The Morgan fingerprint density at radius 1 is 1.07 bits per heavy atom. The molecule has 1 N–H and O–H groups in total. The summed E-state index contributed by atoms with van der Waals surface area (Å²) in [5.74, 6) is 1.34. The van der Waals surface area contributed by atoms with Gasteiger partial charge < -0.3 is 18.9 Å². The average molecular weight is 404 g/mol. The molecule has 148 valence electrons. The zero-order chi connectivity index (χ0) is 20.1. The second-order valence-corrected chi connectivity index (χ2v) is 8.17. The highest BCUT2D eigenvalue weighted by Crippen LogP contribution is 2.19. The quantitative estimate of drug-likeness (QED) is 0.619. The van der Waals surface area contributed by atoms with Gasteiger partial charge in [-0.2, -0.15) is 0 Å². The second-order valence-electron chi connectivity index (χ2n) is 6.08. The number of furan rings is 2. The van der Waals surface area contributed by atoms with E-state index in [1.165, 1.54) is 20.2 Å². The molecule has 0 fully saturated rings. The van der Waals surface area contributed by atoms with Crippen molar-refractivity contribution in [2.75, 3.05) is 14.1 Å². The van der Waals surface area contributed by atoms with E-state index in [-0.39, 0.29) is 17.6 Å². The SMILES string of the molecule is CN(C)S(=O)(=O)c1ccc(COc2ccc(C(=O)NCc3ccco3)cc2)o1. The van der Waals surface area contributed by atoms with Crippen LogP contribution in [0.1, 0.15) is 21.9 Å². The second kappa shape index (κ2) is 8.32. The molecule has 0 spiro atoms. The van der Waals surface area contributed by atoms with Crippen LogP contribution in [0.4, 0.5) is 0 Å². The van der Waals surface area contributed by atoms with Crippen LogP contribution in [-0.4, -0.2) is 32.7 Å². The minimum atomic E-state index is -3.62. The predicted molar refractivity (Wildman–Crippen MR) is 100 cm³/mol. The van der Waals surface area contributed by atoms with Gasteiger partial charge in [-0.3, -0.25) is 4.79 Å². The number of amides is 1. The van der Waals surface area contributed by atoms with Crippen LogP contribution in [0.5, 0.6) is 5.75 Å². The lowest BCUT2D eigenvalue weighted by Crippen LogP contribution is -2.22. The van der Waals surface area contributed by atoms with E-state index in [2.05, 4.69) is 5.32 Å². The summed E-state index contributed by atoms with van der Waals surface area (Å²) in [6.07, 6.45) is 1.55. The van der Waals surface area contributed by atoms with E-state index in [4.69, 9.17) is 13.6 Å². The van der Waals surface area contributed by atoms with Crippen LogP contribution in [0.2, 0.25) is 0 Å². The molecule has 0 atom stereocenters. The van der Waals surface area contributed by atoms with Gasteiger partial charge in [0.1, 0.15) is 23.9 Å². The van der Waals surface area contributed by atoms with Crippen molar-refractivity contribution in [2.24, 2.45) is 0 Å². The number of carbonyl (C=O) groups is 1. The fourth-order valence-corrected chi connectivity index (χ4v) is 3.11. The van der Waals surface area contributed by atoms with Gasteiger partial charge >= 0.3 is 0 Å². The van der Waals surface area contributed by atoms with E-state index in [1.807, 2.05) is 0 Å². The number of nitrogens with one attached hydrogen (secondary N) is 1. The van der Waals surface area contributed by atoms with Crippen molar-refractivity contribution in [1.29, 1.82) is 0 Å². The molecule has 0 aliphatic carbocycles. The Labute approximate surface area is 162 Å². The van der Waals surface area contributed by atoms with Crippen LogP contribution >= 0.6 is 0 Å². The summed E-state index contributed by atoms with van der Waals surface area (Å²) in [4.78, 5) is 12.1. The highest BCUT2D eigenvalue weighted by atomic mass is 32.2. The Hall–Kier alpha value is -3.04. The molecule has 9 heteroatoms. The topological polar surface area (TPSA) is 102 Å². The molecule has 0 bridgehead atoms. The molecule has 1 amide bonds. The van der Waals surface area contributed by atoms with Crippen molar-refractivity contribution in [3.63, 3.8) is 0 Å². The number of hydrogen-bond donors (Lipinski definition) is 1. The molecule has 0 radical (unpaired) electrons. The van der Waals surface area contributed by atoms with Gasteiger partial charge in [0.2, 0.25) is 5.09 Å². The van der Waals surface area contributed by atoms with Gasteiger partial charge in [0, 0.05) is 19.7 Å². The number of carbonyl (C=O) groups excluding carboxylic acids is 1. The van der Waals surface area contributed by atoms with Crippen LogP contribution < -0.4 is 10.1 Å². The van der Waals surface area contributed by atoms with Crippen molar-refractivity contribution in [1.82, 2.24) is 9.62 Å². The molecule has 2 aromatic heterocycles. The minimum absolute atomic E-state index is 0.0625. The lowest BCUT2D eigenvalue weighted by molar-refractivity contribution is 0.0948. The summed E-state index contributed by atoms with van der Waals surface area (Å²) in [5, 5.41) is 2.62. The maximum atomic E-state index is 12.1. The number of benzene rings is 1. The molecule has 2 heterocycles. The van der Waals surface area contributed by atoms with Crippen molar-refractivity contribution in [2.45, 2.75) is 18.2 Å². The standard InChI is InChI=1S/C19H20N2O6S/c1-21(2)28(23,24)18-10-9-17(27-18)13-26-15-7-5-14(6-8-15)19(22)20-12-16-4-3-11-25-16/h3-11H,12-13H2,1-2H3,(H,20,22). The highest BCUT2D eigenvalue weighted by Gasteiger charge is 2.21. The van der Waals surface area contributed by atoms with E-state index in [0.717, 1.165) is 4.31 Å². The predicted octanol–water partition coefficient (Wildman–Crippen LogP) is 2.63. The number of nitrogens with zero attached hydrogens (tertiary/aromatic N) is 1. The van der Waals surface area contributed by atoms with Gasteiger partial charge in [0.05, 0.1) is 12.8 Å². The van der Waals surface area contributed by atoms with Crippen molar-refractivity contribution < 1.29 is 26.8 Å². The lowest BCUT2D eigenvalue weighted by Gasteiger charge is -2.08. The largest absolute Gasteiger partial charge is 0.486 e. The van der Waals surface area contributed by atoms with Crippen LogP contribution in [0.15, 0.2) is 68.7 Å². The monoisotopic (exact) mass is 404 g/mol. The van der Waals surface area contributed by atoms with Gasteiger partial charge in [-0.15, -0.1) is 0 Å². The maximum absolute atomic E-state index is 12.1. The van der Waals surface area contributed by atoms with Crippen molar-refractivity contribution in [3.05, 3.63) is 71.9 Å². The molecule has 0 aliphatic heterocycles. The third-order valence-corrected chi connectivity index (χ3v) is 5.56. The number of ether oxygens (including phenoxy) is 1. The van der Waals surface area contributed by atoms with E-state index >= 15 is 0 Å². The molecular weight excluding hydrogens is 384 g/mol. The Kier molecular flexibility index (Phi) is 5.86. The fourth-order valence-electron chi connectivity index (χ4n) is 2.29.